The summed E-state index contributed by atoms with van der Waals surface area (Å²) in [5, 5.41) is 18.6. The molecule has 17 heavy (non-hydrogen) atoms. The van der Waals surface area contributed by atoms with Gasteiger partial charge in [-0.1, -0.05) is 12.1 Å². The summed E-state index contributed by atoms with van der Waals surface area (Å²) in [6.45, 7) is -0.215. The number of carbonyl (C=O) groups excluding carboxylic acids is 1. The van der Waals surface area contributed by atoms with Crippen LogP contribution in [-0.2, 0) is 4.74 Å². The van der Waals surface area contributed by atoms with Gasteiger partial charge in [-0.15, -0.1) is 0 Å². The number of primary amides is 1. The number of hydrogen-bond acceptors (Lipinski definition) is 4. The van der Waals surface area contributed by atoms with Crippen molar-refractivity contribution in [3.8, 4) is 0 Å². The molecule has 0 unspecified atom stereocenters. The Morgan fingerprint density at radius 2 is 2.29 bits per heavy atom. The second-order valence-corrected chi connectivity index (χ2v) is 4.14. The van der Waals surface area contributed by atoms with Gasteiger partial charge in [0.25, 0.3) is 0 Å². The lowest BCUT2D eigenvalue weighted by Gasteiger charge is -2.12. The van der Waals surface area contributed by atoms with Crippen molar-refractivity contribution in [2.75, 3.05) is 6.61 Å². The normalized spacial score (nSPS) is 28.2. The third-order valence-electron chi connectivity index (χ3n) is 2.95. The molecule has 1 heterocycles. The number of nitrogens with two attached hydrogens (primary N) is 1. The van der Waals surface area contributed by atoms with Gasteiger partial charge in [0.15, 0.2) is 0 Å². The first-order valence-electron chi connectivity index (χ1n) is 5.46. The van der Waals surface area contributed by atoms with Crippen molar-refractivity contribution in [3.05, 3.63) is 35.4 Å². The van der Waals surface area contributed by atoms with E-state index in [9.17, 15) is 9.90 Å². The zero-order valence-electron chi connectivity index (χ0n) is 9.24. The first-order valence-corrected chi connectivity index (χ1v) is 5.46. The Morgan fingerprint density at radius 3 is 2.88 bits per heavy atom. The molecule has 5 nitrogen and oxygen atoms in total. The van der Waals surface area contributed by atoms with Gasteiger partial charge >= 0.3 is 0 Å². The summed E-state index contributed by atoms with van der Waals surface area (Å²) in [4.78, 5) is 11.0. The third-order valence-corrected chi connectivity index (χ3v) is 2.95. The molecule has 0 bridgehead atoms. The predicted molar refractivity (Wildman–Crippen MR) is 60.3 cm³/mol. The van der Waals surface area contributed by atoms with Crippen molar-refractivity contribution in [2.24, 2.45) is 5.73 Å². The molecule has 0 aliphatic carbocycles. The summed E-state index contributed by atoms with van der Waals surface area (Å²) in [6.07, 6.45) is -1.13. The van der Waals surface area contributed by atoms with Crippen LogP contribution in [0.25, 0.3) is 0 Å². The summed E-state index contributed by atoms with van der Waals surface area (Å²) in [7, 11) is 0. The third kappa shape index (κ3) is 2.46. The molecule has 0 aromatic heterocycles. The second-order valence-electron chi connectivity index (χ2n) is 4.14. The summed E-state index contributed by atoms with van der Waals surface area (Å²) >= 11 is 0. The first kappa shape index (κ1) is 12.0. The zero-order chi connectivity index (χ0) is 12.4. The maximum atomic E-state index is 11.0. The predicted octanol–water partition coefficient (Wildman–Crippen LogP) is -0.0313. The van der Waals surface area contributed by atoms with E-state index < -0.39 is 18.1 Å². The molecule has 0 radical (unpaired) electrons. The number of ether oxygens (including phenoxy) is 1. The Labute approximate surface area is 98.8 Å². The number of hydrogen-bond donors (Lipinski definition) is 3. The van der Waals surface area contributed by atoms with Gasteiger partial charge in [0.05, 0.1) is 18.8 Å². The number of amides is 1. The van der Waals surface area contributed by atoms with Crippen molar-refractivity contribution in [1.29, 1.82) is 0 Å². The van der Waals surface area contributed by atoms with Crippen molar-refractivity contribution >= 4 is 5.91 Å². The van der Waals surface area contributed by atoms with Gasteiger partial charge in [0.1, 0.15) is 6.10 Å². The lowest BCUT2D eigenvalue weighted by Crippen LogP contribution is -2.24. The molecular weight excluding hydrogens is 222 g/mol. The van der Waals surface area contributed by atoms with Crippen LogP contribution in [0.2, 0.25) is 0 Å². The molecule has 92 valence electrons. The summed E-state index contributed by atoms with van der Waals surface area (Å²) < 4.78 is 5.49. The van der Waals surface area contributed by atoms with Crippen LogP contribution in [0.1, 0.15) is 28.4 Å². The van der Waals surface area contributed by atoms with Crippen LogP contribution in [0.3, 0.4) is 0 Å². The minimum atomic E-state index is -0.678. The van der Waals surface area contributed by atoms with E-state index in [4.69, 9.17) is 15.6 Å². The highest BCUT2D eigenvalue weighted by molar-refractivity contribution is 5.92. The Bertz CT molecular complexity index is 421. The van der Waals surface area contributed by atoms with E-state index >= 15 is 0 Å². The molecule has 0 saturated carbocycles. The molecule has 1 aromatic carbocycles. The molecule has 1 fully saturated rings. The van der Waals surface area contributed by atoms with E-state index in [0.29, 0.717) is 12.0 Å². The average molecular weight is 237 g/mol. The van der Waals surface area contributed by atoms with E-state index in [-0.39, 0.29) is 12.7 Å². The number of aliphatic hydroxyl groups is 2. The standard InChI is InChI=1S/C12H15NO4/c13-12(16)8-3-1-2-7(4-8)10-5-9(15)11(6-14)17-10/h1-4,9-11,14-15H,5-6H2,(H2,13,16)/t9-,10+,11+/m0/s1. The van der Waals surface area contributed by atoms with Crippen LogP contribution < -0.4 is 5.73 Å². The van der Waals surface area contributed by atoms with E-state index in [1.165, 1.54) is 0 Å². The molecule has 0 spiro atoms. The van der Waals surface area contributed by atoms with Crippen LogP contribution >= 0.6 is 0 Å². The molecule has 1 saturated heterocycles. The zero-order valence-corrected chi connectivity index (χ0v) is 9.24. The molecule has 1 amide bonds. The number of carbonyl (C=O) groups is 1. The molecule has 1 aliphatic heterocycles. The Balaban J connectivity index is 2.18. The van der Waals surface area contributed by atoms with Crippen LogP contribution in [0.5, 0.6) is 0 Å². The average Bonchev–Trinajstić information content (AvgIpc) is 2.71. The minimum Gasteiger partial charge on any atom is -0.394 e. The molecular formula is C12H15NO4. The number of benzene rings is 1. The molecule has 3 atom stereocenters. The van der Waals surface area contributed by atoms with Crippen LogP contribution in [-0.4, -0.2) is 34.9 Å². The maximum Gasteiger partial charge on any atom is 0.248 e. The highest BCUT2D eigenvalue weighted by Gasteiger charge is 2.34. The van der Waals surface area contributed by atoms with E-state index in [2.05, 4.69) is 0 Å². The lowest BCUT2D eigenvalue weighted by atomic mass is 10.0. The Kier molecular flexibility index (Phi) is 3.42. The Morgan fingerprint density at radius 1 is 1.53 bits per heavy atom. The fraction of sp³-hybridized carbons (Fsp3) is 0.417. The van der Waals surface area contributed by atoms with E-state index in [1.54, 1.807) is 18.2 Å². The SMILES string of the molecule is NC(=O)c1cccc([C@H]2C[C@H](O)[C@@H](CO)O2)c1. The van der Waals surface area contributed by atoms with Crippen LogP contribution in [0, 0.1) is 0 Å². The lowest BCUT2D eigenvalue weighted by molar-refractivity contribution is -0.0225. The van der Waals surface area contributed by atoms with Gasteiger partial charge in [-0.25, -0.2) is 0 Å². The second kappa shape index (κ2) is 4.83. The van der Waals surface area contributed by atoms with Crippen molar-refractivity contribution in [1.82, 2.24) is 0 Å². The fourth-order valence-corrected chi connectivity index (χ4v) is 2.00. The van der Waals surface area contributed by atoms with Crippen molar-refractivity contribution in [3.63, 3.8) is 0 Å². The largest absolute Gasteiger partial charge is 0.394 e. The molecule has 5 heteroatoms. The summed E-state index contributed by atoms with van der Waals surface area (Å²) in [5.41, 5.74) is 6.39. The van der Waals surface area contributed by atoms with Crippen LogP contribution in [0.15, 0.2) is 24.3 Å². The quantitative estimate of drug-likeness (QED) is 0.688. The van der Waals surface area contributed by atoms with Crippen molar-refractivity contribution in [2.45, 2.75) is 24.7 Å². The first-order chi connectivity index (χ1) is 8.11. The van der Waals surface area contributed by atoms with Gasteiger partial charge < -0.3 is 20.7 Å². The molecule has 1 aliphatic rings. The topological polar surface area (TPSA) is 92.8 Å². The van der Waals surface area contributed by atoms with Gasteiger partial charge in [-0.3, -0.25) is 4.79 Å². The van der Waals surface area contributed by atoms with Gasteiger partial charge in [-0.2, -0.15) is 0 Å². The highest BCUT2D eigenvalue weighted by Crippen LogP contribution is 2.33. The number of rotatable bonds is 3. The maximum absolute atomic E-state index is 11.0. The molecule has 1 aromatic rings. The summed E-state index contributed by atoms with van der Waals surface area (Å²) in [5.74, 6) is -0.496. The van der Waals surface area contributed by atoms with E-state index in [1.807, 2.05) is 6.07 Å². The van der Waals surface area contributed by atoms with Crippen LogP contribution in [0.4, 0.5) is 0 Å². The van der Waals surface area contributed by atoms with Gasteiger partial charge in [-0.05, 0) is 17.7 Å². The monoisotopic (exact) mass is 237 g/mol. The van der Waals surface area contributed by atoms with E-state index in [0.717, 1.165) is 5.56 Å². The van der Waals surface area contributed by atoms with Gasteiger partial charge in [0, 0.05) is 12.0 Å². The molecule has 2 rings (SSSR count). The Hall–Kier alpha value is -1.43. The van der Waals surface area contributed by atoms with Crippen molar-refractivity contribution < 1.29 is 19.7 Å². The number of aliphatic hydroxyl groups excluding tert-OH is 2. The summed E-state index contributed by atoms with van der Waals surface area (Å²) in [6, 6.07) is 6.81. The minimum absolute atomic E-state index is 0.215. The van der Waals surface area contributed by atoms with Gasteiger partial charge in [0.2, 0.25) is 5.91 Å². The molecule has 4 N–H and O–H groups in total. The smallest absolute Gasteiger partial charge is 0.248 e. The highest BCUT2D eigenvalue weighted by atomic mass is 16.5. The fourth-order valence-electron chi connectivity index (χ4n) is 2.00.